The Morgan fingerprint density at radius 3 is 2.20 bits per heavy atom. The summed E-state index contributed by atoms with van der Waals surface area (Å²) in [4.78, 5) is 0. The van der Waals surface area contributed by atoms with Gasteiger partial charge in [-0.05, 0) is 3.63 Å². The van der Waals surface area contributed by atoms with Crippen LogP contribution in [0.15, 0.2) is 0 Å². The Kier molecular flexibility index (Phi) is 2.35. The zero-order chi connectivity index (χ0) is 4.28. The Hall–Kier alpha value is 0.0700. The van der Waals surface area contributed by atoms with Gasteiger partial charge in [0.15, 0.2) is 0 Å². The fourth-order valence-electron chi connectivity index (χ4n) is 0. The van der Waals surface area contributed by atoms with Crippen LogP contribution in [0.5, 0.6) is 0 Å². The summed E-state index contributed by atoms with van der Waals surface area (Å²) < 4.78 is 8.74. The largest absolute Gasteiger partial charge is 0.516 e. The fraction of sp³-hybridized carbons (Fsp3) is 0. The lowest BCUT2D eigenvalue weighted by molar-refractivity contribution is -0.250. The number of halogens is 1. The van der Waals surface area contributed by atoms with Crippen molar-refractivity contribution in [3.63, 3.8) is 0 Å². The molecule has 0 saturated heterocycles. The summed E-state index contributed by atoms with van der Waals surface area (Å²) in [5.74, 6) is 0. The molecule has 30 valence electrons. The maximum absolute atomic E-state index is 9.15. The van der Waals surface area contributed by atoms with Gasteiger partial charge in [-0.3, -0.25) is 0 Å². The molecule has 0 saturated carbocycles. The van der Waals surface area contributed by atoms with E-state index in [2.05, 4.69) is 11.8 Å². The molecule has 0 radical (unpaired) electrons. The van der Waals surface area contributed by atoms with Gasteiger partial charge in [0.1, 0.15) is 0 Å². The second-order valence-corrected chi connectivity index (χ2v) is 1.28. The highest BCUT2D eigenvalue weighted by Gasteiger charge is 1.66. The van der Waals surface area contributed by atoms with Crippen LogP contribution in [0.2, 0.25) is 0 Å². The van der Waals surface area contributed by atoms with Gasteiger partial charge in [-0.25, -0.2) is 0 Å². The van der Waals surface area contributed by atoms with Gasteiger partial charge in [0, 0.05) is 0 Å². The fourth-order valence-corrected chi connectivity index (χ4v) is 0. The van der Waals surface area contributed by atoms with Gasteiger partial charge < -0.3 is 5.21 Å². The van der Waals surface area contributed by atoms with Crippen molar-refractivity contribution >= 4 is 23.2 Å². The number of hydrogen-bond acceptors (Lipinski definition) is 2. The first-order valence-corrected chi connectivity index (χ1v) is 1.74. The van der Waals surface area contributed by atoms with Crippen LogP contribution in [-0.4, -0.2) is 7.84 Å². The molecule has 0 aromatic heterocycles. The smallest absolute Gasteiger partial charge is 0.405 e. The molecule has 0 aromatic carbocycles. The van der Waals surface area contributed by atoms with E-state index in [1.165, 1.54) is 0 Å². The molecule has 0 rings (SSSR count). The summed E-state index contributed by atoms with van der Waals surface area (Å²) in [6.45, 7) is 0. The Bertz CT molecular complexity index is 69.7. The molecule has 0 unspecified atom stereocenters. The highest BCUT2D eigenvalue weighted by atomic mass is 35.5. The summed E-state index contributed by atoms with van der Waals surface area (Å²) in [6, 6.07) is 0. The standard InChI is InChI=1S/ClNO2S/c1-2(3)5-4. The van der Waals surface area contributed by atoms with Gasteiger partial charge in [0.2, 0.25) is 0 Å². The molecule has 0 aliphatic rings. The highest BCUT2D eigenvalue weighted by molar-refractivity contribution is 7.52. The number of rotatable bonds is 0. The molecular formula is ClNO2S. The SMILES string of the molecule is O=S=[N+]([O-])Cl. The van der Waals surface area contributed by atoms with Crippen LogP contribution < -0.4 is 0 Å². The molecule has 0 fully saturated rings. The van der Waals surface area contributed by atoms with Crippen molar-refractivity contribution in [3.05, 3.63) is 5.21 Å². The maximum Gasteiger partial charge on any atom is 0.405 e. The van der Waals surface area contributed by atoms with E-state index in [1.54, 1.807) is 0 Å². The van der Waals surface area contributed by atoms with Crippen molar-refractivity contribution in [2.45, 2.75) is 0 Å². The molecule has 0 N–H and O–H groups in total. The number of nitrogens with zero attached hydrogens (tertiary/aromatic N) is 1. The normalized spacial score (nSPS) is 6.80. The maximum atomic E-state index is 9.15. The lowest BCUT2D eigenvalue weighted by Crippen LogP contribution is -1.70. The molecule has 0 aliphatic heterocycles. The third kappa shape index (κ3) is 4.07. The van der Waals surface area contributed by atoms with Gasteiger partial charge in [-0.15, -0.1) is 4.21 Å². The van der Waals surface area contributed by atoms with Crippen LogP contribution >= 0.6 is 11.8 Å². The van der Waals surface area contributed by atoms with Crippen LogP contribution in [0.4, 0.5) is 0 Å². The molecule has 0 spiro atoms. The van der Waals surface area contributed by atoms with Crippen LogP contribution in [-0.2, 0) is 11.5 Å². The Morgan fingerprint density at radius 1 is 2.00 bits per heavy atom. The van der Waals surface area contributed by atoms with Gasteiger partial charge in [0.05, 0.1) is 0 Å². The van der Waals surface area contributed by atoms with E-state index in [4.69, 9.17) is 9.42 Å². The van der Waals surface area contributed by atoms with Gasteiger partial charge >= 0.3 is 11.5 Å². The Labute approximate surface area is 37.1 Å². The van der Waals surface area contributed by atoms with Gasteiger partial charge in [-0.1, -0.05) is 0 Å². The number of hydrogen-bond donors (Lipinski definition) is 0. The first kappa shape index (κ1) is 5.07. The van der Waals surface area contributed by atoms with Crippen molar-refractivity contribution in [2.75, 3.05) is 0 Å². The van der Waals surface area contributed by atoms with E-state index in [9.17, 15) is 0 Å². The predicted molar refractivity (Wildman–Crippen MR) is 17.6 cm³/mol. The average Bonchev–Trinajstić information content (AvgIpc) is 1.38. The van der Waals surface area contributed by atoms with Crippen molar-refractivity contribution < 1.29 is 7.84 Å². The third-order valence-corrected chi connectivity index (χ3v) is 0.345. The molecule has 5 heteroatoms. The van der Waals surface area contributed by atoms with E-state index in [1.807, 2.05) is 0 Å². The topological polar surface area (TPSA) is 43.1 Å². The molecule has 3 nitrogen and oxygen atoms in total. The van der Waals surface area contributed by atoms with E-state index in [0.29, 0.717) is 0 Å². The molecule has 0 aromatic rings. The van der Waals surface area contributed by atoms with Crippen LogP contribution in [0, 0.1) is 5.21 Å². The van der Waals surface area contributed by atoms with Crippen LogP contribution in [0.3, 0.4) is 0 Å². The van der Waals surface area contributed by atoms with Crippen molar-refractivity contribution in [1.29, 1.82) is 0 Å². The quantitative estimate of drug-likeness (QED) is 0.329. The second-order valence-electron chi connectivity index (χ2n) is 0.287. The average molecular weight is 114 g/mol. The van der Waals surface area contributed by atoms with E-state index >= 15 is 0 Å². The lowest BCUT2D eigenvalue weighted by atomic mass is 13.5. The van der Waals surface area contributed by atoms with E-state index < -0.39 is 0 Å². The van der Waals surface area contributed by atoms with Crippen molar-refractivity contribution in [3.8, 4) is 0 Å². The summed E-state index contributed by atoms with van der Waals surface area (Å²) in [7, 11) is 0. The minimum Gasteiger partial charge on any atom is -0.516 e. The zero-order valence-electron chi connectivity index (χ0n) is 2.05. The zero-order valence-corrected chi connectivity index (χ0v) is 3.62. The summed E-state index contributed by atoms with van der Waals surface area (Å²) in [5.41, 5.74) is 0. The second kappa shape index (κ2) is 2.32. The summed E-state index contributed by atoms with van der Waals surface area (Å²) in [6.07, 6.45) is 0. The van der Waals surface area contributed by atoms with Gasteiger partial charge in [0.25, 0.3) is 11.8 Å². The van der Waals surface area contributed by atoms with Crippen LogP contribution in [0.25, 0.3) is 0 Å². The molecule has 0 atom stereocenters. The van der Waals surface area contributed by atoms with Crippen LogP contribution in [0.1, 0.15) is 0 Å². The molecule has 0 aliphatic carbocycles. The summed E-state index contributed by atoms with van der Waals surface area (Å²) >= 11 is 4.06. The molecule has 5 heavy (non-hydrogen) atoms. The summed E-state index contributed by atoms with van der Waals surface area (Å²) in [5, 5.41) is 9.15. The van der Waals surface area contributed by atoms with Crippen molar-refractivity contribution in [2.24, 2.45) is 0 Å². The van der Waals surface area contributed by atoms with E-state index in [-0.39, 0.29) is 15.1 Å². The monoisotopic (exact) mass is 113 g/mol. The first-order valence-electron chi connectivity index (χ1n) is 0.701. The van der Waals surface area contributed by atoms with Gasteiger partial charge in [-0.2, -0.15) is 0 Å². The minimum absolute atomic E-state index is 0.292. The lowest BCUT2D eigenvalue weighted by Gasteiger charge is -1.68. The molecular weight excluding hydrogens is 114 g/mol. The Balaban J connectivity index is 3.60. The van der Waals surface area contributed by atoms with Crippen molar-refractivity contribution in [1.82, 2.24) is 0 Å². The molecule has 0 bridgehead atoms. The Morgan fingerprint density at radius 2 is 2.20 bits per heavy atom. The molecule has 0 heterocycles. The first-order chi connectivity index (χ1) is 2.27. The van der Waals surface area contributed by atoms with E-state index in [0.717, 1.165) is 0 Å². The highest BCUT2D eigenvalue weighted by Crippen LogP contribution is 1.66. The predicted octanol–water partition coefficient (Wildman–Crippen LogP) is 0.0471. The molecule has 0 amide bonds. The minimum atomic E-state index is -0.327. The third-order valence-electron chi connectivity index (χ3n) is 0.0586.